The Morgan fingerprint density at radius 1 is 0.833 bits per heavy atom. The van der Waals surface area contributed by atoms with Gasteiger partial charge in [-0.3, -0.25) is 0 Å². The molecule has 0 amide bonds. The summed E-state index contributed by atoms with van der Waals surface area (Å²) in [5, 5.41) is 18.4. The Bertz CT molecular complexity index is 563. The molecule has 0 heterocycles. The summed E-state index contributed by atoms with van der Waals surface area (Å²) in [5.41, 5.74) is 2.82. The van der Waals surface area contributed by atoms with Crippen LogP contribution in [0.1, 0.15) is 11.1 Å². The van der Waals surface area contributed by atoms with Crippen LogP contribution in [0.25, 0.3) is 11.6 Å². The van der Waals surface area contributed by atoms with Crippen LogP contribution in [0.2, 0.25) is 0 Å². The van der Waals surface area contributed by atoms with Gasteiger partial charge in [0.05, 0.1) is 0 Å². The fourth-order valence-electron chi connectivity index (χ4n) is 1.55. The zero-order valence-corrected chi connectivity index (χ0v) is 9.88. The average molecular weight is 238 g/mol. The molecule has 0 unspecified atom stereocenters. The smallest absolute Gasteiger partial charge is 0.115 e. The first-order valence-corrected chi connectivity index (χ1v) is 5.60. The SMILES string of the molecule is C=C(/C=C/c1ccc(O)cc1)c1ccc(O)cc1. The van der Waals surface area contributed by atoms with E-state index in [0.29, 0.717) is 0 Å². The first-order chi connectivity index (χ1) is 8.65. The van der Waals surface area contributed by atoms with Crippen LogP contribution in [0.15, 0.2) is 61.2 Å². The summed E-state index contributed by atoms with van der Waals surface area (Å²) >= 11 is 0. The maximum Gasteiger partial charge on any atom is 0.115 e. The fraction of sp³-hybridized carbons (Fsp3) is 0. The first kappa shape index (κ1) is 12.0. The predicted molar refractivity (Wildman–Crippen MR) is 74.3 cm³/mol. The van der Waals surface area contributed by atoms with E-state index >= 15 is 0 Å². The second-order valence-electron chi connectivity index (χ2n) is 4.00. The van der Waals surface area contributed by atoms with Crippen molar-refractivity contribution in [1.29, 1.82) is 0 Å². The standard InChI is InChI=1S/C16H14O2/c1-12(14-6-10-16(18)11-7-14)2-3-13-4-8-15(17)9-5-13/h2-11,17-18H,1H2/b3-2+. The lowest BCUT2D eigenvalue weighted by Gasteiger charge is -2.01. The molecule has 0 atom stereocenters. The van der Waals surface area contributed by atoms with Crippen LogP contribution < -0.4 is 0 Å². The third-order valence-electron chi connectivity index (χ3n) is 2.61. The highest BCUT2D eigenvalue weighted by Gasteiger charge is 1.95. The molecule has 0 aliphatic rings. The number of aromatic hydroxyl groups is 2. The maximum absolute atomic E-state index is 9.20. The van der Waals surface area contributed by atoms with Gasteiger partial charge in [0.15, 0.2) is 0 Å². The minimum Gasteiger partial charge on any atom is -0.508 e. The molecule has 0 aliphatic carbocycles. The molecule has 0 fully saturated rings. The van der Waals surface area contributed by atoms with Gasteiger partial charge in [0.2, 0.25) is 0 Å². The van der Waals surface area contributed by atoms with Gasteiger partial charge in [0.25, 0.3) is 0 Å². The fourth-order valence-corrected chi connectivity index (χ4v) is 1.55. The van der Waals surface area contributed by atoms with Crippen LogP contribution >= 0.6 is 0 Å². The van der Waals surface area contributed by atoms with E-state index < -0.39 is 0 Å². The molecule has 2 aromatic rings. The molecule has 0 bridgehead atoms. The van der Waals surface area contributed by atoms with Gasteiger partial charge in [-0.1, -0.05) is 43.0 Å². The first-order valence-electron chi connectivity index (χ1n) is 5.60. The number of allylic oxidation sites excluding steroid dienone is 2. The van der Waals surface area contributed by atoms with Gasteiger partial charge in [0.1, 0.15) is 11.5 Å². The molecule has 2 nitrogen and oxygen atoms in total. The van der Waals surface area contributed by atoms with Crippen molar-refractivity contribution in [1.82, 2.24) is 0 Å². The Morgan fingerprint density at radius 2 is 1.33 bits per heavy atom. The van der Waals surface area contributed by atoms with Gasteiger partial charge in [-0.15, -0.1) is 0 Å². The van der Waals surface area contributed by atoms with Crippen LogP contribution in [-0.4, -0.2) is 10.2 Å². The molecule has 0 saturated carbocycles. The summed E-state index contributed by atoms with van der Waals surface area (Å²) in [7, 11) is 0. The summed E-state index contributed by atoms with van der Waals surface area (Å²) in [6, 6.07) is 13.8. The van der Waals surface area contributed by atoms with Gasteiger partial charge in [0, 0.05) is 0 Å². The topological polar surface area (TPSA) is 40.5 Å². The van der Waals surface area contributed by atoms with Gasteiger partial charge in [-0.25, -0.2) is 0 Å². The molecule has 2 N–H and O–H groups in total. The predicted octanol–water partition coefficient (Wildman–Crippen LogP) is 3.82. The molecular formula is C16H14O2. The number of phenolic OH excluding ortho intramolecular Hbond substituents is 2. The van der Waals surface area contributed by atoms with Crippen LogP contribution in [-0.2, 0) is 0 Å². The molecule has 2 aromatic carbocycles. The van der Waals surface area contributed by atoms with E-state index in [1.54, 1.807) is 24.3 Å². The Labute approximate surface area is 106 Å². The summed E-state index contributed by atoms with van der Waals surface area (Å²) in [6.07, 6.45) is 3.83. The minimum absolute atomic E-state index is 0.245. The largest absolute Gasteiger partial charge is 0.508 e. The van der Waals surface area contributed by atoms with Crippen LogP contribution in [0, 0.1) is 0 Å². The minimum atomic E-state index is 0.245. The Balaban J connectivity index is 2.11. The molecule has 90 valence electrons. The van der Waals surface area contributed by atoms with E-state index in [2.05, 4.69) is 6.58 Å². The maximum atomic E-state index is 9.20. The Hall–Kier alpha value is -2.48. The lowest BCUT2D eigenvalue weighted by Crippen LogP contribution is -1.78. The lowest BCUT2D eigenvalue weighted by molar-refractivity contribution is 0.474. The summed E-state index contributed by atoms with van der Waals surface area (Å²) < 4.78 is 0. The van der Waals surface area contributed by atoms with Crippen LogP contribution in [0.5, 0.6) is 11.5 Å². The van der Waals surface area contributed by atoms with E-state index in [-0.39, 0.29) is 11.5 Å². The molecule has 0 spiro atoms. The van der Waals surface area contributed by atoms with Crippen LogP contribution in [0.4, 0.5) is 0 Å². The van der Waals surface area contributed by atoms with E-state index in [9.17, 15) is 10.2 Å². The zero-order valence-electron chi connectivity index (χ0n) is 9.88. The van der Waals surface area contributed by atoms with Crippen molar-refractivity contribution in [2.24, 2.45) is 0 Å². The molecule has 0 aromatic heterocycles. The quantitative estimate of drug-likeness (QED) is 0.798. The van der Waals surface area contributed by atoms with Gasteiger partial charge >= 0.3 is 0 Å². The van der Waals surface area contributed by atoms with Gasteiger partial charge in [-0.2, -0.15) is 0 Å². The number of benzene rings is 2. The van der Waals surface area contributed by atoms with Crippen molar-refractivity contribution in [3.63, 3.8) is 0 Å². The number of hydrogen-bond acceptors (Lipinski definition) is 2. The van der Waals surface area contributed by atoms with Crippen molar-refractivity contribution in [2.75, 3.05) is 0 Å². The van der Waals surface area contributed by atoms with Crippen molar-refractivity contribution >= 4 is 11.6 Å². The highest BCUT2D eigenvalue weighted by molar-refractivity contribution is 5.77. The van der Waals surface area contributed by atoms with Crippen molar-refractivity contribution < 1.29 is 10.2 Å². The van der Waals surface area contributed by atoms with E-state index in [4.69, 9.17) is 0 Å². The van der Waals surface area contributed by atoms with Crippen LogP contribution in [0.3, 0.4) is 0 Å². The number of phenols is 2. The zero-order chi connectivity index (χ0) is 13.0. The lowest BCUT2D eigenvalue weighted by atomic mass is 10.1. The monoisotopic (exact) mass is 238 g/mol. The molecular weight excluding hydrogens is 224 g/mol. The normalized spacial score (nSPS) is 10.7. The Kier molecular flexibility index (Phi) is 3.49. The second-order valence-corrected chi connectivity index (χ2v) is 4.00. The molecule has 2 rings (SSSR count). The summed E-state index contributed by atoms with van der Waals surface area (Å²) in [6.45, 7) is 3.97. The van der Waals surface area contributed by atoms with E-state index in [1.165, 1.54) is 0 Å². The highest BCUT2D eigenvalue weighted by Crippen LogP contribution is 2.19. The Morgan fingerprint density at radius 3 is 1.89 bits per heavy atom. The molecule has 2 heteroatoms. The van der Waals surface area contributed by atoms with Crippen molar-refractivity contribution in [3.05, 3.63) is 72.3 Å². The molecule has 18 heavy (non-hydrogen) atoms. The summed E-state index contributed by atoms with van der Waals surface area (Å²) in [5.74, 6) is 0.499. The molecule has 0 saturated heterocycles. The average Bonchev–Trinajstić information content (AvgIpc) is 2.38. The third kappa shape index (κ3) is 3.01. The van der Waals surface area contributed by atoms with E-state index in [1.807, 2.05) is 36.4 Å². The molecule has 0 aliphatic heterocycles. The molecule has 0 radical (unpaired) electrons. The summed E-state index contributed by atoms with van der Waals surface area (Å²) in [4.78, 5) is 0. The highest BCUT2D eigenvalue weighted by atomic mass is 16.3. The van der Waals surface area contributed by atoms with Gasteiger partial charge < -0.3 is 10.2 Å². The third-order valence-corrected chi connectivity index (χ3v) is 2.61. The number of rotatable bonds is 3. The van der Waals surface area contributed by atoms with Crippen molar-refractivity contribution in [3.8, 4) is 11.5 Å². The van der Waals surface area contributed by atoms with Gasteiger partial charge in [-0.05, 0) is 41.0 Å². The number of hydrogen-bond donors (Lipinski definition) is 2. The van der Waals surface area contributed by atoms with E-state index in [0.717, 1.165) is 16.7 Å². The second kappa shape index (κ2) is 5.23. The van der Waals surface area contributed by atoms with Crippen molar-refractivity contribution in [2.45, 2.75) is 0 Å².